The fourth-order valence-corrected chi connectivity index (χ4v) is 17.1. The molecule has 32 N–H and O–H groups in total. The van der Waals surface area contributed by atoms with Crippen molar-refractivity contribution in [1.29, 1.82) is 0 Å². The zero-order valence-electron chi connectivity index (χ0n) is 71.7. The molecule has 0 aromatic rings. The Morgan fingerprint density at radius 1 is 0.197 bits per heavy atom. The molecule has 10 aliphatic heterocycles. The summed E-state index contributed by atoms with van der Waals surface area (Å²) in [6.45, 7) is -5.05. The third-order valence-electron chi connectivity index (χ3n) is 23.7. The zero-order valence-corrected chi connectivity index (χ0v) is 71.7. The highest BCUT2D eigenvalue weighted by atomic mass is 16.8. The fourth-order valence-electron chi connectivity index (χ4n) is 17.1. The summed E-state index contributed by atoms with van der Waals surface area (Å²) < 4.78 is 117. The van der Waals surface area contributed by atoms with E-state index in [2.05, 4.69) is 37.2 Å². The minimum absolute atomic E-state index is 0.826. The zero-order chi connectivity index (χ0) is 97.4. The molecule has 10 heterocycles. The Hall–Kier alpha value is -5.47. The smallest absolute Gasteiger partial charge is 0.217 e. The molecule has 10 fully saturated rings. The molecular formula is C74H123N7O51. The van der Waals surface area contributed by atoms with E-state index in [9.17, 15) is 161 Å². The molecule has 0 saturated carbocycles. The van der Waals surface area contributed by atoms with Crippen molar-refractivity contribution in [3.63, 3.8) is 0 Å². The summed E-state index contributed by atoms with van der Waals surface area (Å²) in [6, 6.07) is -13.2. The maximum absolute atomic E-state index is 13.3. The van der Waals surface area contributed by atoms with Crippen molar-refractivity contribution in [3.05, 3.63) is 0 Å². The first-order chi connectivity index (χ1) is 62.4. The van der Waals surface area contributed by atoms with E-state index < -0.39 is 414 Å². The number of hydrogen-bond donors (Lipinski definition) is 32. The number of carbonyl (C=O) groups is 7. The van der Waals surface area contributed by atoms with Crippen LogP contribution < -0.4 is 37.2 Å². The van der Waals surface area contributed by atoms with Crippen molar-refractivity contribution in [2.24, 2.45) is 0 Å². The Morgan fingerprint density at radius 3 is 0.758 bits per heavy atom. The Morgan fingerprint density at radius 2 is 0.417 bits per heavy atom. The largest absolute Gasteiger partial charge is 0.394 e. The molecule has 58 heteroatoms. The second-order valence-electron chi connectivity index (χ2n) is 33.2. The molecule has 0 radical (unpaired) electrons. The van der Waals surface area contributed by atoms with Crippen LogP contribution in [0.5, 0.6) is 0 Å². The SMILES string of the molecule is CC(=O)N[C@H]1[C@H](O[C@H]2[C@H](O)[C@@H](NC(C)=O)C(O)O[C@@H]2CO)O[C@H](CO)[C@@H](O[C@@H]2O[C@H](CO[C@H]3O[C@H](CO[C@@H]4O[C@H](CO)[C@@H](O)[C@H](O)[C@H]4NC(C)=O)[C@@H](O[C@@H]4O[C@H](CO)[C@@H](O)[C@H](O)[C@H]4NC(C)=O)[C@H](O)[C@@H]3O[C@@H]3O[C@H](CO)[C@@H](O)[C@H](O)[C@H]3NC(C)=O)[C@@H](O)[C@H](O[C@H]3O[C@H](CO)[C@@H](O[C@@H]4O[C@H](CO)[C@@H](O)[C@H](O)[C@H]4NC(C)=O)[C@H](O)[C@@H]3O[C@@H]3O[C@H](CO)[C@@H](O)[C@H](O)[C@H]3NC(C)=O)[C@@H]2O)[C@@H]1O. The summed E-state index contributed by atoms with van der Waals surface area (Å²) in [5, 5.41) is 302. The maximum Gasteiger partial charge on any atom is 0.217 e. The number of rotatable bonds is 35. The predicted molar refractivity (Wildman–Crippen MR) is 411 cm³/mol. The molecule has 0 aliphatic carbocycles. The van der Waals surface area contributed by atoms with Crippen LogP contribution >= 0.6 is 0 Å². The van der Waals surface area contributed by atoms with Gasteiger partial charge in [0.05, 0.1) is 66.1 Å². The van der Waals surface area contributed by atoms with Gasteiger partial charge in [-0.3, -0.25) is 33.6 Å². The minimum atomic E-state index is -2.73. The molecule has 1 unspecified atom stereocenters. The van der Waals surface area contributed by atoms with E-state index in [-0.39, 0.29) is 0 Å². The lowest BCUT2D eigenvalue weighted by Crippen LogP contribution is -2.71. The Labute approximate surface area is 748 Å². The van der Waals surface area contributed by atoms with Gasteiger partial charge in [-0.25, -0.2) is 0 Å². The van der Waals surface area contributed by atoms with E-state index in [1.165, 1.54) is 0 Å². The van der Waals surface area contributed by atoms with Gasteiger partial charge in [0, 0.05) is 48.5 Å². The molecule has 58 nitrogen and oxygen atoms in total. The minimum Gasteiger partial charge on any atom is -0.394 e. The number of hydrogen-bond acceptors (Lipinski definition) is 51. The van der Waals surface area contributed by atoms with Crippen molar-refractivity contribution in [2.45, 2.75) is 355 Å². The van der Waals surface area contributed by atoms with Gasteiger partial charge in [-0.15, -0.1) is 0 Å². The van der Waals surface area contributed by atoms with E-state index in [1.54, 1.807) is 0 Å². The van der Waals surface area contributed by atoms with Gasteiger partial charge in [-0.2, -0.15) is 0 Å². The molecule has 0 spiro atoms. The lowest BCUT2D eigenvalue weighted by Gasteiger charge is -2.52. The quantitative estimate of drug-likeness (QED) is 0.0280. The standard InChI is InChI=1S/C74H123N7O51/c1-18(90)75-35-53(108)58(30(13-87)116-65(35)113)126-71-41(81-24(7)96)54(109)59(31(14-88)122-71)129-72-57(112)62(130-74-64(132-70-40(80-23(6)95)52(107)46(101)29(12-86)121-70)55(110)60(32(15-89)123-74)127-67-37(77-20(3)92)49(104)43(98)26(9-83)118-67)47(102)33(124-72)16-115-73-63(131-69-39(79-22(5)94)51(106)45(100)28(11-85)120-69)56(111)61(128-68-38(78-21(4)93)50(105)44(99)27(10-84)119-68)34(125-73)17-114-66-36(76-19(2)91)48(103)42(97)25(8-82)117-66/h25-74,82-89,97-113H,8-17H2,1-7H3,(H,75,90)(H,76,91)(H,77,92)(H,78,93)(H,79,94)(H,80,95)(H,81,96)/t25-,26-,27-,28-,29-,30-,31-,32-,33-,34-,35-,36-,37-,38-,39-,40-,41-,42-,43-,44-,45-,46-,47-,48-,49-,50-,51-,52-,53-,54-,55+,56+,57+,58-,59-,60-,61-,62+,63+,64+,65?,66-,67+,68+,69+,70+,71+,72+,73+,74-/m1/s1. The number of amides is 7. The topological polar surface area (TPSA) is 885 Å². The second kappa shape index (κ2) is 47.9. The van der Waals surface area contributed by atoms with Crippen LogP contribution in [0.1, 0.15) is 48.5 Å². The van der Waals surface area contributed by atoms with Crippen molar-refractivity contribution in [2.75, 3.05) is 66.1 Å². The van der Waals surface area contributed by atoms with Crippen LogP contribution in [0.15, 0.2) is 0 Å². The summed E-state index contributed by atoms with van der Waals surface area (Å²) in [4.78, 5) is 89.9. The average molecular weight is 1930 g/mol. The van der Waals surface area contributed by atoms with Gasteiger partial charge in [0.2, 0.25) is 41.4 Å². The van der Waals surface area contributed by atoms with Crippen LogP contribution in [0, 0.1) is 0 Å². The van der Waals surface area contributed by atoms with Crippen LogP contribution in [0.25, 0.3) is 0 Å². The Kier molecular flexibility index (Phi) is 39.4. The third kappa shape index (κ3) is 24.9. The number of nitrogens with one attached hydrogen (secondary N) is 7. The molecule has 10 rings (SSSR count). The number of carbonyl (C=O) groups excluding carboxylic acids is 7. The van der Waals surface area contributed by atoms with E-state index in [1.807, 2.05) is 0 Å². The molecule has 760 valence electrons. The first-order valence-electron chi connectivity index (χ1n) is 42.1. The van der Waals surface area contributed by atoms with E-state index in [4.69, 9.17) is 90.0 Å². The van der Waals surface area contributed by atoms with Gasteiger partial charge < -0.3 is 255 Å². The molecule has 132 heavy (non-hydrogen) atoms. The van der Waals surface area contributed by atoms with E-state index in [0.29, 0.717) is 0 Å². The van der Waals surface area contributed by atoms with Crippen LogP contribution in [0.4, 0.5) is 0 Å². The summed E-state index contributed by atoms with van der Waals surface area (Å²) in [5.41, 5.74) is 0. The molecule has 50 atom stereocenters. The van der Waals surface area contributed by atoms with Crippen molar-refractivity contribution >= 4 is 41.4 Å². The molecule has 7 amide bonds. The lowest BCUT2D eigenvalue weighted by molar-refractivity contribution is -0.404. The van der Waals surface area contributed by atoms with Crippen LogP contribution in [0.3, 0.4) is 0 Å². The highest BCUT2D eigenvalue weighted by Gasteiger charge is 2.63. The average Bonchev–Trinajstić information content (AvgIpc) is 0.769. The molecule has 0 aromatic heterocycles. The normalized spacial score (nSPS) is 46.7. The molecule has 0 aromatic carbocycles. The molecule has 0 bridgehead atoms. The van der Waals surface area contributed by atoms with E-state index >= 15 is 0 Å². The Bertz CT molecular complexity index is 3700. The van der Waals surface area contributed by atoms with Crippen molar-refractivity contribution in [1.82, 2.24) is 37.2 Å². The Balaban J connectivity index is 1.11. The second-order valence-corrected chi connectivity index (χ2v) is 33.2. The monoisotopic (exact) mass is 1930 g/mol. The van der Waals surface area contributed by atoms with Gasteiger partial charge in [0.1, 0.15) is 244 Å². The molecular weight excluding hydrogens is 1800 g/mol. The molecule has 10 saturated heterocycles. The first-order valence-corrected chi connectivity index (χ1v) is 42.1. The summed E-state index contributed by atoms with van der Waals surface area (Å²) in [7, 11) is 0. The maximum atomic E-state index is 13.3. The summed E-state index contributed by atoms with van der Waals surface area (Å²) in [6.07, 6.45) is -93.8. The highest BCUT2D eigenvalue weighted by Crippen LogP contribution is 2.42. The van der Waals surface area contributed by atoms with Crippen molar-refractivity contribution < 1.29 is 251 Å². The van der Waals surface area contributed by atoms with E-state index in [0.717, 1.165) is 48.5 Å². The van der Waals surface area contributed by atoms with Crippen LogP contribution in [0.2, 0.25) is 0 Å². The van der Waals surface area contributed by atoms with Gasteiger partial charge in [0.15, 0.2) is 62.9 Å². The lowest BCUT2D eigenvalue weighted by atomic mass is 9.93. The van der Waals surface area contributed by atoms with Gasteiger partial charge in [-0.05, 0) is 0 Å². The number of ether oxygens (including phenoxy) is 19. The summed E-state index contributed by atoms with van der Waals surface area (Å²) in [5.74, 6) is -6.49. The summed E-state index contributed by atoms with van der Waals surface area (Å²) >= 11 is 0. The van der Waals surface area contributed by atoms with Crippen LogP contribution in [-0.2, 0) is 124 Å². The first kappa shape index (κ1) is 109. The van der Waals surface area contributed by atoms with Gasteiger partial charge in [0.25, 0.3) is 0 Å². The van der Waals surface area contributed by atoms with Crippen LogP contribution in [-0.4, -0.2) is 542 Å². The van der Waals surface area contributed by atoms with Gasteiger partial charge in [-0.1, -0.05) is 0 Å². The number of aliphatic hydroxyl groups excluding tert-OH is 25. The van der Waals surface area contributed by atoms with Crippen molar-refractivity contribution in [3.8, 4) is 0 Å². The molecule has 10 aliphatic rings. The highest BCUT2D eigenvalue weighted by molar-refractivity contribution is 5.75. The number of aliphatic hydroxyl groups is 25. The third-order valence-corrected chi connectivity index (χ3v) is 23.7. The van der Waals surface area contributed by atoms with Gasteiger partial charge >= 0.3 is 0 Å². The fraction of sp³-hybridized carbons (Fsp3) is 0.905. The predicted octanol–water partition coefficient (Wildman–Crippen LogP) is -21.8.